The van der Waals surface area contributed by atoms with Crippen molar-refractivity contribution < 1.29 is 0 Å². The predicted molar refractivity (Wildman–Crippen MR) is 80.1 cm³/mol. The maximum Gasteiger partial charge on any atom is 0.0657 e. The Morgan fingerprint density at radius 1 is 1.00 bits per heavy atom. The van der Waals surface area contributed by atoms with Gasteiger partial charge in [0.25, 0.3) is 0 Å². The lowest BCUT2D eigenvalue weighted by molar-refractivity contribution is 1.21. The van der Waals surface area contributed by atoms with Gasteiger partial charge in [-0.2, -0.15) is 0 Å². The highest BCUT2D eigenvalue weighted by Gasteiger charge is 2.10. The Morgan fingerprint density at radius 3 is 2.17 bits per heavy atom. The first-order chi connectivity index (χ1) is 8.49. The Labute approximate surface area is 117 Å². The molecule has 0 spiro atoms. The van der Waals surface area contributed by atoms with E-state index >= 15 is 0 Å². The van der Waals surface area contributed by atoms with Crippen LogP contribution in [0.15, 0.2) is 36.4 Å². The number of aryl methyl sites for hydroxylation is 1. The summed E-state index contributed by atoms with van der Waals surface area (Å²) in [7, 11) is 1.95. The number of rotatable bonds is 2. The zero-order valence-electron chi connectivity index (χ0n) is 10.2. The zero-order chi connectivity index (χ0) is 13.3. The lowest BCUT2D eigenvalue weighted by Crippen LogP contribution is -2.11. The Balaban J connectivity index is 2.42. The number of hydrogen-bond donors (Lipinski definition) is 1. The standard InChI is InChI=1S/C14H14Cl2N2/c1-9-3-5-10(6-4-9)18(2)14-8-12(16)11(15)7-13(14)17/h3-8H,17H2,1-2H3. The van der Waals surface area contributed by atoms with E-state index in [0.29, 0.717) is 15.7 Å². The number of halogens is 2. The van der Waals surface area contributed by atoms with Crippen molar-refractivity contribution in [1.29, 1.82) is 0 Å². The molecule has 2 aromatic carbocycles. The van der Waals surface area contributed by atoms with Crippen molar-refractivity contribution in [3.8, 4) is 0 Å². The molecule has 0 saturated heterocycles. The van der Waals surface area contributed by atoms with Gasteiger partial charge in [0.1, 0.15) is 0 Å². The summed E-state index contributed by atoms with van der Waals surface area (Å²) in [5, 5.41) is 0.968. The highest BCUT2D eigenvalue weighted by Crippen LogP contribution is 2.35. The number of nitrogen functional groups attached to an aromatic ring is 1. The van der Waals surface area contributed by atoms with Crippen molar-refractivity contribution in [3.63, 3.8) is 0 Å². The lowest BCUT2D eigenvalue weighted by Gasteiger charge is -2.22. The fraction of sp³-hybridized carbons (Fsp3) is 0.143. The molecule has 94 valence electrons. The third-order valence-corrected chi connectivity index (χ3v) is 3.57. The minimum atomic E-state index is 0.468. The molecule has 0 aromatic heterocycles. The van der Waals surface area contributed by atoms with Crippen LogP contribution in [0.4, 0.5) is 17.1 Å². The molecule has 2 aromatic rings. The summed E-state index contributed by atoms with van der Waals surface area (Å²) in [6, 6.07) is 11.6. The van der Waals surface area contributed by atoms with Gasteiger partial charge in [-0.15, -0.1) is 0 Å². The Kier molecular flexibility index (Phi) is 3.69. The molecule has 0 unspecified atom stereocenters. The molecule has 0 radical (unpaired) electrons. The summed E-state index contributed by atoms with van der Waals surface area (Å²) in [6.45, 7) is 2.05. The number of benzene rings is 2. The Morgan fingerprint density at radius 2 is 1.56 bits per heavy atom. The van der Waals surface area contributed by atoms with Crippen LogP contribution in [0.5, 0.6) is 0 Å². The maximum atomic E-state index is 6.03. The van der Waals surface area contributed by atoms with E-state index in [1.165, 1.54) is 5.56 Å². The molecular formula is C14H14Cl2N2. The average molecular weight is 281 g/mol. The molecule has 0 aliphatic carbocycles. The van der Waals surface area contributed by atoms with Crippen molar-refractivity contribution in [2.45, 2.75) is 6.92 Å². The van der Waals surface area contributed by atoms with Crippen LogP contribution in [0.1, 0.15) is 5.56 Å². The molecule has 2 rings (SSSR count). The van der Waals surface area contributed by atoms with Gasteiger partial charge >= 0.3 is 0 Å². The monoisotopic (exact) mass is 280 g/mol. The normalized spacial score (nSPS) is 10.4. The van der Waals surface area contributed by atoms with Gasteiger partial charge in [-0.3, -0.25) is 0 Å². The molecule has 0 bridgehead atoms. The topological polar surface area (TPSA) is 29.3 Å². The van der Waals surface area contributed by atoms with Gasteiger partial charge in [0, 0.05) is 12.7 Å². The van der Waals surface area contributed by atoms with E-state index in [4.69, 9.17) is 28.9 Å². The molecule has 0 aliphatic heterocycles. The van der Waals surface area contributed by atoms with Crippen LogP contribution in [-0.2, 0) is 0 Å². The Hall–Kier alpha value is -1.38. The van der Waals surface area contributed by atoms with Gasteiger partial charge in [-0.25, -0.2) is 0 Å². The fourth-order valence-electron chi connectivity index (χ4n) is 1.75. The van der Waals surface area contributed by atoms with Gasteiger partial charge in [-0.05, 0) is 31.2 Å². The zero-order valence-corrected chi connectivity index (χ0v) is 11.8. The molecular weight excluding hydrogens is 267 g/mol. The van der Waals surface area contributed by atoms with Crippen LogP contribution in [0.25, 0.3) is 0 Å². The second-order valence-electron chi connectivity index (χ2n) is 4.22. The summed E-state index contributed by atoms with van der Waals surface area (Å²) in [6.07, 6.45) is 0. The maximum absolute atomic E-state index is 6.03. The van der Waals surface area contributed by atoms with E-state index < -0.39 is 0 Å². The van der Waals surface area contributed by atoms with Crippen molar-refractivity contribution in [3.05, 3.63) is 52.0 Å². The number of anilines is 3. The predicted octanol–water partition coefficient (Wildman–Crippen LogP) is 4.65. The first kappa shape index (κ1) is 13.1. The van der Waals surface area contributed by atoms with Crippen LogP contribution in [0, 0.1) is 6.92 Å². The highest BCUT2D eigenvalue weighted by molar-refractivity contribution is 6.42. The molecule has 0 atom stereocenters. The van der Waals surface area contributed by atoms with Crippen molar-refractivity contribution in [2.24, 2.45) is 0 Å². The summed E-state index contributed by atoms with van der Waals surface area (Å²) in [5.41, 5.74) is 9.68. The molecule has 18 heavy (non-hydrogen) atoms. The van der Waals surface area contributed by atoms with Gasteiger partial charge in [0.15, 0.2) is 0 Å². The van der Waals surface area contributed by atoms with E-state index in [2.05, 4.69) is 19.1 Å². The third-order valence-electron chi connectivity index (χ3n) is 2.85. The molecule has 2 nitrogen and oxygen atoms in total. The van der Waals surface area contributed by atoms with Crippen LogP contribution in [0.3, 0.4) is 0 Å². The van der Waals surface area contributed by atoms with Crippen molar-refractivity contribution in [1.82, 2.24) is 0 Å². The summed E-state index contributed by atoms with van der Waals surface area (Å²) in [5.74, 6) is 0. The average Bonchev–Trinajstić information content (AvgIpc) is 2.34. The van der Waals surface area contributed by atoms with Crippen molar-refractivity contribution >= 4 is 40.3 Å². The molecule has 4 heteroatoms. The van der Waals surface area contributed by atoms with Gasteiger partial charge in [-0.1, -0.05) is 40.9 Å². The second-order valence-corrected chi connectivity index (χ2v) is 5.03. The first-order valence-corrected chi connectivity index (χ1v) is 6.29. The first-order valence-electron chi connectivity index (χ1n) is 5.54. The van der Waals surface area contributed by atoms with Crippen molar-refractivity contribution in [2.75, 3.05) is 17.7 Å². The molecule has 0 fully saturated rings. The van der Waals surface area contributed by atoms with Gasteiger partial charge in [0.2, 0.25) is 0 Å². The van der Waals surface area contributed by atoms with E-state index in [1.807, 2.05) is 24.1 Å². The summed E-state index contributed by atoms with van der Waals surface area (Å²) >= 11 is 12.0. The van der Waals surface area contributed by atoms with Crippen LogP contribution in [-0.4, -0.2) is 7.05 Å². The molecule has 0 aliphatic rings. The van der Waals surface area contributed by atoms with Gasteiger partial charge < -0.3 is 10.6 Å². The van der Waals surface area contributed by atoms with E-state index in [-0.39, 0.29) is 0 Å². The van der Waals surface area contributed by atoms with Crippen LogP contribution in [0.2, 0.25) is 10.0 Å². The minimum absolute atomic E-state index is 0.468. The molecule has 0 saturated carbocycles. The largest absolute Gasteiger partial charge is 0.397 e. The Bertz CT molecular complexity index is 565. The van der Waals surface area contributed by atoms with E-state index in [1.54, 1.807) is 12.1 Å². The van der Waals surface area contributed by atoms with Crippen LogP contribution >= 0.6 is 23.2 Å². The van der Waals surface area contributed by atoms with E-state index in [9.17, 15) is 0 Å². The minimum Gasteiger partial charge on any atom is -0.397 e. The van der Waals surface area contributed by atoms with Crippen LogP contribution < -0.4 is 10.6 Å². The number of nitrogens with two attached hydrogens (primary N) is 1. The molecule has 0 heterocycles. The SMILES string of the molecule is Cc1ccc(N(C)c2cc(Cl)c(Cl)cc2N)cc1. The van der Waals surface area contributed by atoms with E-state index in [0.717, 1.165) is 11.4 Å². The number of nitrogens with zero attached hydrogens (tertiary/aromatic N) is 1. The highest BCUT2D eigenvalue weighted by atomic mass is 35.5. The second kappa shape index (κ2) is 5.09. The number of hydrogen-bond acceptors (Lipinski definition) is 2. The fourth-order valence-corrected chi connectivity index (χ4v) is 2.08. The molecule has 0 amide bonds. The third kappa shape index (κ3) is 2.55. The quantitative estimate of drug-likeness (QED) is 0.812. The molecule has 2 N–H and O–H groups in total. The summed E-state index contributed by atoms with van der Waals surface area (Å²) < 4.78 is 0. The lowest BCUT2D eigenvalue weighted by atomic mass is 10.2. The van der Waals surface area contributed by atoms with Gasteiger partial charge in [0.05, 0.1) is 21.4 Å². The summed E-state index contributed by atoms with van der Waals surface area (Å²) in [4.78, 5) is 1.98. The smallest absolute Gasteiger partial charge is 0.0657 e.